The molecule has 1 fully saturated rings. The van der Waals surface area contributed by atoms with E-state index in [0.717, 1.165) is 11.8 Å². The van der Waals surface area contributed by atoms with Crippen molar-refractivity contribution in [3.63, 3.8) is 0 Å². The molecule has 2 aromatic carbocycles. The highest BCUT2D eigenvalue weighted by atomic mass is 32.2. The van der Waals surface area contributed by atoms with Crippen molar-refractivity contribution < 1.29 is 17.6 Å². The lowest BCUT2D eigenvalue weighted by atomic mass is 9.99. The molecule has 0 aromatic heterocycles. The third-order valence-electron chi connectivity index (χ3n) is 4.75. The molecular weight excluding hydrogens is 381 g/mol. The van der Waals surface area contributed by atoms with Crippen LogP contribution in [0.15, 0.2) is 54.6 Å². The second-order valence-electron chi connectivity index (χ2n) is 7.01. The van der Waals surface area contributed by atoms with Gasteiger partial charge in [0.15, 0.2) is 0 Å². The van der Waals surface area contributed by atoms with Crippen LogP contribution in [0.4, 0.5) is 10.1 Å². The van der Waals surface area contributed by atoms with Gasteiger partial charge in [0.25, 0.3) is 0 Å². The Hall–Kier alpha value is -2.29. The fraction of sp³-hybridized carbons (Fsp3) is 0.350. The minimum absolute atomic E-state index is 0.122. The van der Waals surface area contributed by atoms with Crippen molar-refractivity contribution in [2.24, 2.45) is 0 Å². The molecule has 150 valence electrons. The fourth-order valence-electron chi connectivity index (χ4n) is 3.49. The predicted molar refractivity (Wildman–Crippen MR) is 107 cm³/mol. The average molecular weight is 405 g/mol. The number of amides is 1. The first-order valence-corrected chi connectivity index (χ1v) is 11.0. The molecule has 1 heterocycles. The van der Waals surface area contributed by atoms with E-state index in [4.69, 9.17) is 0 Å². The largest absolute Gasteiger partial charge is 0.324 e. The van der Waals surface area contributed by atoms with Crippen LogP contribution in [0.25, 0.3) is 0 Å². The number of sulfonamides is 1. The lowest BCUT2D eigenvalue weighted by Crippen LogP contribution is -2.47. The quantitative estimate of drug-likeness (QED) is 0.774. The molecule has 1 amide bonds. The van der Waals surface area contributed by atoms with E-state index in [1.54, 1.807) is 0 Å². The lowest BCUT2D eigenvalue weighted by molar-refractivity contribution is -0.122. The molecule has 0 radical (unpaired) electrons. The number of nitrogens with zero attached hydrogens (tertiary/aromatic N) is 1. The van der Waals surface area contributed by atoms with Gasteiger partial charge in [0.1, 0.15) is 11.9 Å². The van der Waals surface area contributed by atoms with Gasteiger partial charge in [-0.15, -0.1) is 0 Å². The van der Waals surface area contributed by atoms with E-state index in [1.165, 1.54) is 24.3 Å². The number of likely N-dealkylation sites (tertiary alicyclic amines) is 1. The van der Waals surface area contributed by atoms with Crippen molar-refractivity contribution in [2.45, 2.75) is 24.9 Å². The number of hydrogen-bond donors (Lipinski definition) is 2. The minimum atomic E-state index is -3.25. The van der Waals surface area contributed by atoms with Gasteiger partial charge in [0, 0.05) is 24.8 Å². The summed E-state index contributed by atoms with van der Waals surface area (Å²) in [5.41, 5.74) is 1.39. The van der Waals surface area contributed by atoms with Crippen molar-refractivity contribution >= 4 is 21.6 Å². The van der Waals surface area contributed by atoms with Crippen LogP contribution in [0.5, 0.6) is 0 Å². The summed E-state index contributed by atoms with van der Waals surface area (Å²) in [6.07, 6.45) is 2.41. The van der Waals surface area contributed by atoms with Gasteiger partial charge in [-0.25, -0.2) is 17.5 Å². The van der Waals surface area contributed by atoms with E-state index >= 15 is 0 Å². The first-order chi connectivity index (χ1) is 13.3. The van der Waals surface area contributed by atoms with Gasteiger partial charge in [-0.3, -0.25) is 9.69 Å². The van der Waals surface area contributed by atoms with Crippen molar-refractivity contribution in [3.05, 3.63) is 66.0 Å². The van der Waals surface area contributed by atoms with Crippen LogP contribution in [0.3, 0.4) is 0 Å². The molecule has 1 unspecified atom stereocenters. The van der Waals surface area contributed by atoms with Gasteiger partial charge < -0.3 is 5.32 Å². The van der Waals surface area contributed by atoms with Gasteiger partial charge in [0.05, 0.1) is 6.26 Å². The van der Waals surface area contributed by atoms with Crippen LogP contribution < -0.4 is 10.0 Å². The van der Waals surface area contributed by atoms with Gasteiger partial charge in [-0.05, 0) is 42.7 Å². The molecule has 1 aliphatic heterocycles. The van der Waals surface area contributed by atoms with E-state index in [2.05, 4.69) is 14.9 Å². The van der Waals surface area contributed by atoms with Crippen LogP contribution in [-0.4, -0.2) is 44.6 Å². The van der Waals surface area contributed by atoms with E-state index < -0.39 is 16.1 Å². The molecule has 3 rings (SSSR count). The zero-order valence-corrected chi connectivity index (χ0v) is 16.5. The number of carbonyl (C=O) groups excluding carboxylic acids is 1. The Labute approximate surface area is 164 Å². The number of rotatable bonds is 6. The highest BCUT2D eigenvalue weighted by Gasteiger charge is 2.31. The summed E-state index contributed by atoms with van der Waals surface area (Å²) < 4.78 is 38.7. The van der Waals surface area contributed by atoms with Crippen LogP contribution in [0.2, 0.25) is 0 Å². The van der Waals surface area contributed by atoms with Crippen LogP contribution >= 0.6 is 0 Å². The number of hydrogen-bond acceptors (Lipinski definition) is 4. The first-order valence-electron chi connectivity index (χ1n) is 9.14. The molecule has 2 N–H and O–H groups in total. The Morgan fingerprint density at radius 2 is 1.68 bits per heavy atom. The summed E-state index contributed by atoms with van der Waals surface area (Å²) in [6, 6.07) is 14.5. The van der Waals surface area contributed by atoms with Crippen molar-refractivity contribution in [3.8, 4) is 0 Å². The van der Waals surface area contributed by atoms with Gasteiger partial charge in [-0.2, -0.15) is 0 Å². The van der Waals surface area contributed by atoms with Crippen molar-refractivity contribution in [2.75, 3.05) is 24.7 Å². The molecule has 1 saturated heterocycles. The standard InChI is InChI=1S/C20H24FN3O3S/c1-28(26,27)23-18-11-13-24(14-12-18)19(15-5-3-2-4-6-15)20(25)22-17-9-7-16(21)8-10-17/h2-10,18-19,23H,11-14H2,1H3,(H,22,25). The highest BCUT2D eigenvalue weighted by molar-refractivity contribution is 7.88. The number of carbonyl (C=O) groups is 1. The fourth-order valence-corrected chi connectivity index (χ4v) is 4.33. The summed E-state index contributed by atoms with van der Waals surface area (Å²) in [5.74, 6) is -0.564. The number of anilines is 1. The van der Waals surface area contributed by atoms with E-state index in [0.29, 0.717) is 31.6 Å². The zero-order chi connectivity index (χ0) is 20.1. The molecule has 0 saturated carbocycles. The molecule has 0 spiro atoms. The maximum Gasteiger partial charge on any atom is 0.246 e. The molecule has 2 aromatic rings. The Bertz CT molecular complexity index is 896. The second kappa shape index (κ2) is 8.81. The smallest absolute Gasteiger partial charge is 0.246 e. The topological polar surface area (TPSA) is 78.5 Å². The lowest BCUT2D eigenvalue weighted by Gasteiger charge is -2.37. The summed E-state index contributed by atoms with van der Waals surface area (Å²) in [4.78, 5) is 15.1. The summed E-state index contributed by atoms with van der Waals surface area (Å²) in [7, 11) is -3.25. The Morgan fingerprint density at radius 1 is 1.07 bits per heavy atom. The second-order valence-corrected chi connectivity index (χ2v) is 8.79. The summed E-state index contributed by atoms with van der Waals surface area (Å²) in [5, 5.41) is 2.86. The van der Waals surface area contributed by atoms with E-state index in [1.807, 2.05) is 30.3 Å². The van der Waals surface area contributed by atoms with Gasteiger partial charge in [0.2, 0.25) is 15.9 Å². The SMILES string of the molecule is CS(=O)(=O)NC1CCN(C(C(=O)Nc2ccc(F)cc2)c2ccccc2)CC1. The van der Waals surface area contributed by atoms with Crippen molar-refractivity contribution in [1.82, 2.24) is 9.62 Å². The maximum atomic E-state index is 13.1. The first kappa shape index (κ1) is 20.4. The van der Waals surface area contributed by atoms with E-state index in [9.17, 15) is 17.6 Å². The molecule has 1 aliphatic rings. The maximum absolute atomic E-state index is 13.1. The minimum Gasteiger partial charge on any atom is -0.324 e. The number of benzene rings is 2. The molecule has 6 nitrogen and oxygen atoms in total. The molecule has 0 bridgehead atoms. The van der Waals surface area contributed by atoms with E-state index in [-0.39, 0.29) is 17.8 Å². The molecule has 0 aliphatic carbocycles. The normalized spacial score (nSPS) is 17.2. The number of piperidine rings is 1. The average Bonchev–Trinajstić information content (AvgIpc) is 2.65. The Morgan fingerprint density at radius 3 is 2.25 bits per heavy atom. The molecule has 28 heavy (non-hydrogen) atoms. The van der Waals surface area contributed by atoms with Crippen LogP contribution in [0.1, 0.15) is 24.4 Å². The Kier molecular flexibility index (Phi) is 6.43. The monoisotopic (exact) mass is 405 g/mol. The van der Waals surface area contributed by atoms with Crippen molar-refractivity contribution in [1.29, 1.82) is 0 Å². The third-order valence-corrected chi connectivity index (χ3v) is 5.51. The van der Waals surface area contributed by atoms with Gasteiger partial charge >= 0.3 is 0 Å². The molecular formula is C20H24FN3O3S. The molecule has 8 heteroatoms. The Balaban J connectivity index is 1.75. The number of halogens is 1. The highest BCUT2D eigenvalue weighted by Crippen LogP contribution is 2.26. The van der Waals surface area contributed by atoms with Gasteiger partial charge in [-0.1, -0.05) is 30.3 Å². The van der Waals surface area contributed by atoms with Crippen LogP contribution in [-0.2, 0) is 14.8 Å². The summed E-state index contributed by atoms with van der Waals surface area (Å²) >= 11 is 0. The predicted octanol–water partition coefficient (Wildman–Crippen LogP) is 2.52. The zero-order valence-electron chi connectivity index (χ0n) is 15.6. The summed E-state index contributed by atoms with van der Waals surface area (Å²) in [6.45, 7) is 1.17. The third kappa shape index (κ3) is 5.60. The number of nitrogens with one attached hydrogen (secondary N) is 2. The van der Waals surface area contributed by atoms with Crippen LogP contribution in [0, 0.1) is 5.82 Å². The molecule has 1 atom stereocenters.